The van der Waals surface area contributed by atoms with Crippen LogP contribution in [0.4, 0.5) is 0 Å². The van der Waals surface area contributed by atoms with Crippen molar-refractivity contribution >= 4 is 0 Å². The molecule has 0 heteroatoms. The van der Waals surface area contributed by atoms with Gasteiger partial charge in [0, 0.05) is 17.3 Å². The molecule has 2 aromatic rings. The largest absolute Gasteiger partial charge is 0.0647 e. The molecule has 1 spiro atoms. The number of fused-ring (bicyclic) bond motifs is 5. The predicted molar refractivity (Wildman–Crippen MR) is 77.5 cm³/mol. The van der Waals surface area contributed by atoms with Crippen LogP contribution < -0.4 is 0 Å². The van der Waals surface area contributed by atoms with Gasteiger partial charge in [0.25, 0.3) is 0 Å². The van der Waals surface area contributed by atoms with Crippen LogP contribution >= 0.6 is 0 Å². The Morgan fingerprint density at radius 1 is 0.737 bits per heavy atom. The van der Waals surface area contributed by atoms with Gasteiger partial charge in [-0.25, -0.2) is 0 Å². The Hall–Kier alpha value is -1.82. The van der Waals surface area contributed by atoms with Crippen molar-refractivity contribution in [2.45, 2.75) is 31.1 Å². The van der Waals surface area contributed by atoms with E-state index in [0.29, 0.717) is 17.3 Å². The van der Waals surface area contributed by atoms with Crippen molar-refractivity contribution in [3.8, 4) is 0 Å². The fraction of sp³-hybridized carbons (Fsp3) is 0.263. The van der Waals surface area contributed by atoms with Gasteiger partial charge in [-0.3, -0.25) is 0 Å². The summed E-state index contributed by atoms with van der Waals surface area (Å²) in [6.45, 7) is 4.67. The predicted octanol–water partition coefficient (Wildman–Crippen LogP) is 4.52. The van der Waals surface area contributed by atoms with E-state index in [9.17, 15) is 0 Å². The molecule has 0 N–H and O–H groups in total. The molecule has 19 heavy (non-hydrogen) atoms. The number of hydrogen-bond acceptors (Lipinski definition) is 0. The van der Waals surface area contributed by atoms with Gasteiger partial charge in [0.05, 0.1) is 0 Å². The Morgan fingerprint density at radius 3 is 2.05 bits per heavy atom. The molecule has 0 amide bonds. The van der Waals surface area contributed by atoms with Crippen molar-refractivity contribution in [3.63, 3.8) is 0 Å². The molecule has 0 aromatic heterocycles. The van der Waals surface area contributed by atoms with E-state index >= 15 is 0 Å². The summed E-state index contributed by atoms with van der Waals surface area (Å²) < 4.78 is 0. The third-order valence-corrected chi connectivity index (χ3v) is 5.89. The third-order valence-electron chi connectivity index (χ3n) is 5.89. The second kappa shape index (κ2) is 2.85. The molecular formula is C19H16. The van der Waals surface area contributed by atoms with Crippen LogP contribution in [0.1, 0.15) is 47.9 Å². The van der Waals surface area contributed by atoms with Gasteiger partial charge in [0.15, 0.2) is 0 Å². The average molecular weight is 244 g/mol. The molecule has 3 aliphatic rings. The van der Waals surface area contributed by atoms with Crippen LogP contribution in [0.2, 0.25) is 0 Å². The fourth-order valence-electron chi connectivity index (χ4n) is 5.14. The molecule has 0 aliphatic heterocycles. The number of rotatable bonds is 0. The van der Waals surface area contributed by atoms with Crippen molar-refractivity contribution in [2.24, 2.45) is 0 Å². The first kappa shape index (κ1) is 10.0. The Kier molecular flexibility index (Phi) is 1.50. The van der Waals surface area contributed by atoms with Crippen LogP contribution in [0.15, 0.2) is 59.7 Å². The van der Waals surface area contributed by atoms with Gasteiger partial charge in [-0.15, -0.1) is 0 Å². The average Bonchev–Trinajstić information content (AvgIpc) is 2.68. The summed E-state index contributed by atoms with van der Waals surface area (Å²) in [7, 11) is 0. The van der Waals surface area contributed by atoms with E-state index in [1.165, 1.54) is 0 Å². The number of hydrogen-bond donors (Lipinski definition) is 0. The molecule has 0 fully saturated rings. The fourth-order valence-corrected chi connectivity index (χ4v) is 5.14. The Labute approximate surface area is 113 Å². The maximum Gasteiger partial charge on any atom is 0.0380 e. The molecule has 3 atom stereocenters. The van der Waals surface area contributed by atoms with E-state index in [-0.39, 0.29) is 0 Å². The van der Waals surface area contributed by atoms with Crippen LogP contribution in [-0.2, 0) is 5.41 Å². The van der Waals surface area contributed by atoms with Crippen molar-refractivity contribution in [3.05, 3.63) is 81.9 Å². The summed E-state index contributed by atoms with van der Waals surface area (Å²) in [6, 6.07) is 18.1. The van der Waals surface area contributed by atoms with Gasteiger partial charge in [0.1, 0.15) is 0 Å². The van der Waals surface area contributed by atoms with E-state index in [2.05, 4.69) is 62.4 Å². The smallest absolute Gasteiger partial charge is 0.0380 e. The highest BCUT2D eigenvalue weighted by Crippen LogP contribution is 2.76. The molecule has 0 bridgehead atoms. The summed E-state index contributed by atoms with van der Waals surface area (Å²) in [6.07, 6.45) is 0. The van der Waals surface area contributed by atoms with E-state index in [1.54, 1.807) is 33.4 Å². The quantitative estimate of drug-likeness (QED) is 0.598. The lowest BCUT2D eigenvalue weighted by Crippen LogP contribution is -2.51. The van der Waals surface area contributed by atoms with Crippen molar-refractivity contribution in [1.82, 2.24) is 0 Å². The molecule has 0 radical (unpaired) electrons. The van der Waals surface area contributed by atoms with Crippen LogP contribution in [0.3, 0.4) is 0 Å². The van der Waals surface area contributed by atoms with Crippen molar-refractivity contribution in [1.29, 1.82) is 0 Å². The van der Waals surface area contributed by atoms with Gasteiger partial charge in [0.2, 0.25) is 0 Å². The highest BCUT2D eigenvalue weighted by Gasteiger charge is 2.67. The highest BCUT2D eigenvalue weighted by atomic mass is 14.7. The summed E-state index contributed by atoms with van der Waals surface area (Å²) in [4.78, 5) is 0. The SMILES string of the molecule is CC1=C(C)C23c4ccccc4C2c2ccccc2C13. The number of allylic oxidation sites excluding steroid dienone is 2. The van der Waals surface area contributed by atoms with Crippen LogP contribution in [0.5, 0.6) is 0 Å². The molecule has 92 valence electrons. The van der Waals surface area contributed by atoms with Gasteiger partial charge in [-0.2, -0.15) is 0 Å². The zero-order valence-electron chi connectivity index (χ0n) is 11.3. The van der Waals surface area contributed by atoms with Crippen molar-refractivity contribution in [2.75, 3.05) is 0 Å². The maximum atomic E-state index is 2.35. The van der Waals surface area contributed by atoms with Gasteiger partial charge < -0.3 is 0 Å². The minimum atomic E-state index is 0.324. The zero-order chi connectivity index (χ0) is 12.8. The molecular weight excluding hydrogens is 228 g/mol. The summed E-state index contributed by atoms with van der Waals surface area (Å²) in [5.41, 5.74) is 9.84. The lowest BCUT2D eigenvalue weighted by molar-refractivity contribution is 0.320. The van der Waals surface area contributed by atoms with Crippen LogP contribution in [-0.4, -0.2) is 0 Å². The first-order chi connectivity index (χ1) is 9.28. The lowest BCUT2D eigenvalue weighted by Gasteiger charge is -2.58. The summed E-state index contributed by atoms with van der Waals surface area (Å²) in [5.74, 6) is 1.26. The van der Waals surface area contributed by atoms with Crippen LogP contribution in [0, 0.1) is 0 Å². The molecule has 3 unspecified atom stereocenters. The summed E-state index contributed by atoms with van der Waals surface area (Å²) >= 11 is 0. The van der Waals surface area contributed by atoms with E-state index in [1.807, 2.05) is 0 Å². The molecule has 2 aromatic carbocycles. The Balaban J connectivity index is 1.90. The molecule has 0 nitrogen and oxygen atoms in total. The zero-order valence-corrected chi connectivity index (χ0v) is 11.3. The monoisotopic (exact) mass is 244 g/mol. The van der Waals surface area contributed by atoms with Crippen LogP contribution in [0.25, 0.3) is 0 Å². The van der Waals surface area contributed by atoms with E-state index in [4.69, 9.17) is 0 Å². The topological polar surface area (TPSA) is 0 Å². The minimum Gasteiger partial charge on any atom is -0.0647 e. The second-order valence-corrected chi connectivity index (χ2v) is 6.26. The normalized spacial score (nSPS) is 32.7. The van der Waals surface area contributed by atoms with E-state index < -0.39 is 0 Å². The lowest BCUT2D eigenvalue weighted by atomic mass is 9.43. The molecule has 3 aliphatic carbocycles. The van der Waals surface area contributed by atoms with Crippen molar-refractivity contribution < 1.29 is 0 Å². The number of benzene rings is 2. The molecule has 0 saturated carbocycles. The molecule has 0 saturated heterocycles. The minimum absolute atomic E-state index is 0.324. The standard InChI is InChI=1S/C19H16/c1-11-12(2)19-16-10-6-5-9-15(16)18(19)14-8-4-3-7-13(14)17(11)19/h3-10,17-18H,1-2H3. The van der Waals surface area contributed by atoms with Gasteiger partial charge >= 0.3 is 0 Å². The second-order valence-electron chi connectivity index (χ2n) is 6.26. The summed E-state index contributed by atoms with van der Waals surface area (Å²) in [5, 5.41) is 0. The molecule has 5 rings (SSSR count). The first-order valence-corrected chi connectivity index (χ1v) is 7.14. The highest BCUT2D eigenvalue weighted by molar-refractivity contribution is 5.76. The van der Waals surface area contributed by atoms with E-state index in [0.717, 1.165) is 0 Å². The van der Waals surface area contributed by atoms with Gasteiger partial charge in [-0.05, 0) is 36.1 Å². The third kappa shape index (κ3) is 0.790. The molecule has 0 heterocycles. The Morgan fingerprint density at radius 2 is 1.32 bits per heavy atom. The first-order valence-electron chi connectivity index (χ1n) is 7.14. The maximum absolute atomic E-state index is 2.35. The van der Waals surface area contributed by atoms with Gasteiger partial charge in [-0.1, -0.05) is 59.7 Å². The Bertz CT molecular complexity index is 759.